The topological polar surface area (TPSA) is 43.4 Å². The SMILES string of the molecule is COC(=O)c1cc([14C](C)=O)c2cccc(C(C)C)cc1-2. The molecular formula is C17H18O3. The number of hydrogen-bond acceptors (Lipinski definition) is 3. The fourth-order valence-corrected chi connectivity index (χ4v) is 2.32. The molecule has 0 saturated carbocycles. The van der Waals surface area contributed by atoms with Gasteiger partial charge in [0.15, 0.2) is 5.78 Å². The van der Waals surface area contributed by atoms with Crippen LogP contribution in [0.1, 0.15) is 53.0 Å². The largest absolute Gasteiger partial charge is 0.465 e. The van der Waals surface area contributed by atoms with Gasteiger partial charge in [-0.15, -0.1) is 0 Å². The van der Waals surface area contributed by atoms with E-state index in [1.54, 1.807) is 6.07 Å². The molecule has 0 heterocycles. The van der Waals surface area contributed by atoms with Crippen LogP contribution in [0.15, 0.2) is 30.3 Å². The number of Topliss-reactive ketones (excluding diaryl/α,β-unsaturated/α-hetero) is 1. The van der Waals surface area contributed by atoms with Gasteiger partial charge in [0, 0.05) is 5.56 Å². The summed E-state index contributed by atoms with van der Waals surface area (Å²) >= 11 is 0. The van der Waals surface area contributed by atoms with Crippen molar-refractivity contribution < 1.29 is 14.3 Å². The molecule has 104 valence electrons. The van der Waals surface area contributed by atoms with E-state index in [-0.39, 0.29) is 5.78 Å². The number of ketones is 1. The lowest BCUT2D eigenvalue weighted by Gasteiger charge is -2.04. The summed E-state index contributed by atoms with van der Waals surface area (Å²) in [5.74, 6) is -0.127. The van der Waals surface area contributed by atoms with Crippen LogP contribution in [0.5, 0.6) is 0 Å². The first-order valence-electron chi connectivity index (χ1n) is 6.61. The van der Waals surface area contributed by atoms with E-state index in [2.05, 4.69) is 13.8 Å². The normalized spacial score (nSPS) is 10.8. The second-order valence-electron chi connectivity index (χ2n) is 5.17. The number of esters is 1. The number of carbonyl (C=O) groups excluding carboxylic acids is 2. The molecule has 3 heteroatoms. The molecule has 0 aliphatic heterocycles. The summed E-state index contributed by atoms with van der Waals surface area (Å²) in [6, 6.07) is 9.41. The molecule has 0 radical (unpaired) electrons. The van der Waals surface area contributed by atoms with Crippen LogP contribution < -0.4 is 0 Å². The van der Waals surface area contributed by atoms with Crippen molar-refractivity contribution in [2.75, 3.05) is 7.11 Å². The molecule has 0 saturated heterocycles. The number of fused-ring (bicyclic) bond motifs is 1. The third-order valence-electron chi connectivity index (χ3n) is 3.47. The molecule has 2 aliphatic carbocycles. The Bertz CT molecular complexity index is 641. The lowest BCUT2D eigenvalue weighted by molar-refractivity contribution is 0.0602. The van der Waals surface area contributed by atoms with E-state index in [0.717, 1.165) is 16.7 Å². The maximum absolute atomic E-state index is 11.9. The maximum atomic E-state index is 11.9. The average Bonchev–Trinajstić information content (AvgIpc) is 2.61. The minimum atomic E-state index is -0.414. The third kappa shape index (κ3) is 2.44. The first kappa shape index (κ1) is 14.3. The Morgan fingerprint density at radius 3 is 2.45 bits per heavy atom. The summed E-state index contributed by atoms with van der Waals surface area (Å²) in [5.41, 5.74) is 3.70. The zero-order valence-electron chi connectivity index (χ0n) is 12.2. The van der Waals surface area contributed by atoms with Gasteiger partial charge in [-0.1, -0.05) is 38.1 Å². The predicted molar refractivity (Wildman–Crippen MR) is 78.5 cm³/mol. The van der Waals surface area contributed by atoms with Crippen molar-refractivity contribution in [3.05, 3.63) is 47.0 Å². The second-order valence-corrected chi connectivity index (χ2v) is 5.17. The summed E-state index contributed by atoms with van der Waals surface area (Å²) in [7, 11) is 1.35. The van der Waals surface area contributed by atoms with Gasteiger partial charge in [-0.2, -0.15) is 0 Å². The maximum Gasteiger partial charge on any atom is 0.338 e. The zero-order chi connectivity index (χ0) is 14.9. The van der Waals surface area contributed by atoms with E-state index in [0.29, 0.717) is 17.0 Å². The number of carbonyl (C=O) groups is 2. The van der Waals surface area contributed by atoms with Crippen molar-refractivity contribution in [2.45, 2.75) is 26.7 Å². The van der Waals surface area contributed by atoms with Crippen molar-refractivity contribution in [3.63, 3.8) is 0 Å². The highest BCUT2D eigenvalue weighted by Gasteiger charge is 2.22. The van der Waals surface area contributed by atoms with Crippen LogP contribution in [0.3, 0.4) is 0 Å². The second kappa shape index (κ2) is 5.45. The summed E-state index contributed by atoms with van der Waals surface area (Å²) in [5, 5.41) is 0. The molecule has 0 amide bonds. The first-order chi connectivity index (χ1) is 9.45. The van der Waals surface area contributed by atoms with Gasteiger partial charge in [-0.3, -0.25) is 4.79 Å². The molecule has 20 heavy (non-hydrogen) atoms. The zero-order valence-corrected chi connectivity index (χ0v) is 12.2. The highest BCUT2D eigenvalue weighted by molar-refractivity contribution is 6.09. The van der Waals surface area contributed by atoms with Crippen LogP contribution in [0, 0.1) is 0 Å². The minimum Gasteiger partial charge on any atom is -0.465 e. The molecule has 0 aromatic rings. The van der Waals surface area contributed by atoms with Gasteiger partial charge in [0.25, 0.3) is 0 Å². The Morgan fingerprint density at radius 2 is 1.90 bits per heavy atom. The number of ether oxygens (including phenoxy) is 1. The lowest BCUT2D eigenvalue weighted by Crippen LogP contribution is -2.00. The van der Waals surface area contributed by atoms with Crippen molar-refractivity contribution in [2.24, 2.45) is 0 Å². The van der Waals surface area contributed by atoms with Crippen LogP contribution in [0.2, 0.25) is 0 Å². The van der Waals surface area contributed by atoms with Gasteiger partial charge < -0.3 is 4.74 Å². The van der Waals surface area contributed by atoms with Gasteiger partial charge >= 0.3 is 5.97 Å². The fourth-order valence-electron chi connectivity index (χ4n) is 2.32. The molecule has 0 spiro atoms. The Kier molecular flexibility index (Phi) is 3.89. The predicted octanol–water partition coefficient (Wildman–Crippen LogP) is 3.90. The summed E-state index contributed by atoms with van der Waals surface area (Å²) in [6.45, 7) is 5.69. The first-order valence-corrected chi connectivity index (χ1v) is 6.61. The fraction of sp³-hybridized carbons (Fsp3) is 0.294. The van der Waals surface area contributed by atoms with E-state index in [4.69, 9.17) is 4.74 Å². The molecule has 0 atom stereocenters. The third-order valence-corrected chi connectivity index (χ3v) is 3.47. The van der Waals surface area contributed by atoms with Gasteiger partial charge in [0.05, 0.1) is 12.7 Å². The highest BCUT2D eigenvalue weighted by atomic mass is 16.5. The minimum absolute atomic E-state index is 0.0533. The van der Waals surface area contributed by atoms with E-state index in [1.807, 2.05) is 24.3 Å². The highest BCUT2D eigenvalue weighted by Crippen LogP contribution is 2.34. The molecule has 0 bridgehead atoms. The van der Waals surface area contributed by atoms with Gasteiger partial charge in [0.1, 0.15) is 0 Å². The quantitative estimate of drug-likeness (QED) is 0.628. The van der Waals surface area contributed by atoms with E-state index in [9.17, 15) is 9.59 Å². The summed E-state index contributed by atoms with van der Waals surface area (Å²) in [6.07, 6.45) is 0. The Labute approximate surface area is 118 Å². The Hall–Kier alpha value is -2.16. The van der Waals surface area contributed by atoms with Crippen LogP contribution in [-0.2, 0) is 4.74 Å². The monoisotopic (exact) mass is 272 g/mol. The molecular weight excluding hydrogens is 254 g/mol. The molecule has 2 aliphatic rings. The molecule has 3 nitrogen and oxygen atoms in total. The Morgan fingerprint density at radius 1 is 1.20 bits per heavy atom. The Balaban J connectivity index is 2.76. The van der Waals surface area contributed by atoms with Crippen molar-refractivity contribution in [3.8, 4) is 11.1 Å². The molecule has 0 fully saturated rings. The van der Waals surface area contributed by atoms with E-state index in [1.165, 1.54) is 14.0 Å². The summed E-state index contributed by atoms with van der Waals surface area (Å²) < 4.78 is 4.82. The molecule has 0 unspecified atom stereocenters. The summed E-state index contributed by atoms with van der Waals surface area (Å²) in [4.78, 5) is 23.7. The van der Waals surface area contributed by atoms with Gasteiger partial charge in [0.2, 0.25) is 0 Å². The van der Waals surface area contributed by atoms with E-state index < -0.39 is 5.97 Å². The number of methoxy groups -OCH3 is 1. The van der Waals surface area contributed by atoms with Crippen LogP contribution in [-0.4, -0.2) is 18.9 Å². The van der Waals surface area contributed by atoms with Crippen molar-refractivity contribution in [1.29, 1.82) is 0 Å². The van der Waals surface area contributed by atoms with Crippen molar-refractivity contribution >= 4 is 11.8 Å². The smallest absolute Gasteiger partial charge is 0.338 e. The van der Waals surface area contributed by atoms with E-state index >= 15 is 0 Å². The van der Waals surface area contributed by atoms with Crippen LogP contribution in [0.4, 0.5) is 0 Å². The standard InChI is InChI=1S/C17H18O3/c1-10(2)12-6-5-7-13-14(11(3)18)9-16(15(13)8-12)17(19)20-4/h5-10H,1-4H3/i11+2. The molecule has 0 aromatic heterocycles. The van der Waals surface area contributed by atoms with Gasteiger partial charge in [-0.25, -0.2) is 4.79 Å². The number of rotatable bonds is 3. The van der Waals surface area contributed by atoms with Crippen LogP contribution in [0.25, 0.3) is 11.1 Å². The lowest BCUT2D eigenvalue weighted by atomic mass is 10.0. The van der Waals surface area contributed by atoms with Gasteiger partial charge in [-0.05, 0) is 35.6 Å². The molecule has 2 rings (SSSR count). The van der Waals surface area contributed by atoms with Crippen LogP contribution >= 0.6 is 0 Å². The molecule has 0 aromatic carbocycles. The average molecular weight is 272 g/mol. The van der Waals surface area contributed by atoms with Crippen molar-refractivity contribution in [1.82, 2.24) is 0 Å². The number of hydrogen-bond donors (Lipinski definition) is 0. The molecule has 0 N–H and O–H groups in total.